The summed E-state index contributed by atoms with van der Waals surface area (Å²) in [6.07, 6.45) is 1.59. The molecular formula is C16H18N6O2S. The zero-order valence-electron chi connectivity index (χ0n) is 14.1. The zero-order valence-corrected chi connectivity index (χ0v) is 14.9. The van der Waals surface area contributed by atoms with Gasteiger partial charge in [0.25, 0.3) is 5.91 Å². The number of anilines is 2. The van der Waals surface area contributed by atoms with Crippen LogP contribution < -0.4 is 15.6 Å². The summed E-state index contributed by atoms with van der Waals surface area (Å²) >= 11 is 1.51. The first-order valence-corrected chi connectivity index (χ1v) is 8.95. The van der Waals surface area contributed by atoms with E-state index >= 15 is 0 Å². The number of nitrogens with zero attached hydrogens (tertiary/aromatic N) is 4. The van der Waals surface area contributed by atoms with Crippen LogP contribution in [0.4, 0.5) is 16.3 Å². The van der Waals surface area contributed by atoms with Crippen molar-refractivity contribution in [3.63, 3.8) is 0 Å². The first kappa shape index (κ1) is 15.8. The van der Waals surface area contributed by atoms with Crippen LogP contribution in [-0.2, 0) is 4.79 Å². The Labute approximate surface area is 148 Å². The summed E-state index contributed by atoms with van der Waals surface area (Å²) in [5.74, 6) is 0.479. The van der Waals surface area contributed by atoms with E-state index in [0.717, 1.165) is 5.69 Å². The fraction of sp³-hybridized carbons (Fsp3) is 0.375. The van der Waals surface area contributed by atoms with Crippen LogP contribution in [0.1, 0.15) is 26.3 Å². The summed E-state index contributed by atoms with van der Waals surface area (Å²) in [4.78, 5) is 25.2. The van der Waals surface area contributed by atoms with Gasteiger partial charge in [0.1, 0.15) is 11.2 Å². The molecule has 4 rings (SSSR count). The number of hydrazone groups is 1. The Morgan fingerprint density at radius 3 is 2.96 bits per heavy atom. The number of hydrogen-bond donors (Lipinski definition) is 2. The normalized spacial score (nSPS) is 21.7. The summed E-state index contributed by atoms with van der Waals surface area (Å²) in [5.41, 5.74) is 1.29. The average Bonchev–Trinajstić information content (AvgIpc) is 3.25. The van der Waals surface area contributed by atoms with Gasteiger partial charge in [-0.05, 0) is 32.2 Å². The standard InChI is InChI=1S/C16H18N6O2S/c1-9(2)19-15(24)22-13-11(6-18-22)12-16(3,8-17-13)14(23)21(20-12)10-4-5-25-7-10/h4-7,9,17H,8H2,1-3H3,(H,19,24). The van der Waals surface area contributed by atoms with Gasteiger partial charge in [-0.2, -0.15) is 31.2 Å². The molecule has 0 fully saturated rings. The third-order valence-electron chi connectivity index (χ3n) is 4.38. The molecule has 2 aromatic heterocycles. The van der Waals surface area contributed by atoms with E-state index in [2.05, 4.69) is 20.8 Å². The number of carbonyl (C=O) groups excluding carboxylic acids is 2. The van der Waals surface area contributed by atoms with Crippen molar-refractivity contribution in [2.75, 3.05) is 16.9 Å². The number of carbonyl (C=O) groups is 2. The van der Waals surface area contributed by atoms with E-state index in [9.17, 15) is 9.59 Å². The minimum Gasteiger partial charge on any atom is -0.368 e. The molecule has 0 spiro atoms. The second-order valence-corrected chi connectivity index (χ2v) is 7.44. The Morgan fingerprint density at radius 1 is 1.48 bits per heavy atom. The summed E-state index contributed by atoms with van der Waals surface area (Å²) < 4.78 is 1.29. The summed E-state index contributed by atoms with van der Waals surface area (Å²) in [6, 6.07) is 1.55. The number of thiophene rings is 1. The van der Waals surface area contributed by atoms with Crippen LogP contribution in [0.5, 0.6) is 0 Å². The molecule has 0 aliphatic carbocycles. The summed E-state index contributed by atoms with van der Waals surface area (Å²) in [6.45, 7) is 5.99. The Kier molecular flexibility index (Phi) is 3.43. The van der Waals surface area contributed by atoms with Gasteiger partial charge in [-0.3, -0.25) is 4.79 Å². The van der Waals surface area contributed by atoms with Crippen molar-refractivity contribution >= 4 is 40.5 Å². The molecule has 0 saturated carbocycles. The quantitative estimate of drug-likeness (QED) is 0.860. The molecule has 0 radical (unpaired) electrons. The highest BCUT2D eigenvalue weighted by atomic mass is 32.1. The molecule has 2 N–H and O–H groups in total. The molecule has 25 heavy (non-hydrogen) atoms. The summed E-state index contributed by atoms with van der Waals surface area (Å²) in [5, 5.41) is 20.0. The van der Waals surface area contributed by atoms with Crippen molar-refractivity contribution in [2.45, 2.75) is 26.8 Å². The second kappa shape index (κ2) is 5.41. The number of aromatic nitrogens is 2. The van der Waals surface area contributed by atoms with Crippen molar-refractivity contribution in [1.82, 2.24) is 15.1 Å². The minimum atomic E-state index is -0.780. The highest BCUT2D eigenvalue weighted by molar-refractivity contribution is 7.08. The van der Waals surface area contributed by atoms with Gasteiger partial charge in [0.15, 0.2) is 0 Å². The maximum Gasteiger partial charge on any atom is 0.344 e. The van der Waals surface area contributed by atoms with Gasteiger partial charge in [0, 0.05) is 18.0 Å². The average molecular weight is 358 g/mol. The SMILES string of the molecule is CC(C)NC(=O)n1ncc2c1NCC1(C)C(=O)N(c3ccsc3)N=C21. The number of amides is 2. The van der Waals surface area contributed by atoms with Crippen molar-refractivity contribution < 1.29 is 9.59 Å². The molecule has 2 amide bonds. The molecule has 0 saturated heterocycles. The first-order chi connectivity index (χ1) is 11.9. The highest BCUT2D eigenvalue weighted by Gasteiger charge is 2.52. The lowest BCUT2D eigenvalue weighted by Gasteiger charge is -2.29. The number of hydrogen-bond acceptors (Lipinski definition) is 6. The van der Waals surface area contributed by atoms with E-state index in [0.29, 0.717) is 23.6 Å². The Hall–Kier alpha value is -2.68. The van der Waals surface area contributed by atoms with Gasteiger partial charge in [-0.25, -0.2) is 4.79 Å². The Bertz CT molecular complexity index is 885. The van der Waals surface area contributed by atoms with E-state index < -0.39 is 5.41 Å². The largest absolute Gasteiger partial charge is 0.368 e. The fourth-order valence-corrected chi connectivity index (χ4v) is 3.68. The molecule has 2 aliphatic rings. The van der Waals surface area contributed by atoms with Gasteiger partial charge in [0.2, 0.25) is 0 Å². The minimum absolute atomic E-state index is 0.000637. The van der Waals surface area contributed by atoms with Gasteiger partial charge >= 0.3 is 6.03 Å². The zero-order chi connectivity index (χ0) is 17.8. The van der Waals surface area contributed by atoms with Crippen LogP contribution in [0.25, 0.3) is 0 Å². The fourth-order valence-electron chi connectivity index (χ4n) is 3.07. The number of rotatable bonds is 2. The molecule has 2 aromatic rings. The van der Waals surface area contributed by atoms with E-state index in [1.807, 2.05) is 37.6 Å². The third kappa shape index (κ3) is 2.26. The monoisotopic (exact) mass is 358 g/mol. The van der Waals surface area contributed by atoms with Gasteiger partial charge in [0.05, 0.1) is 23.2 Å². The van der Waals surface area contributed by atoms with Gasteiger partial charge < -0.3 is 10.6 Å². The van der Waals surface area contributed by atoms with Crippen LogP contribution in [0, 0.1) is 5.41 Å². The van der Waals surface area contributed by atoms with Crippen molar-refractivity contribution in [3.05, 3.63) is 28.6 Å². The maximum absolute atomic E-state index is 12.9. The van der Waals surface area contributed by atoms with E-state index in [1.54, 1.807) is 6.20 Å². The first-order valence-electron chi connectivity index (χ1n) is 8.01. The smallest absolute Gasteiger partial charge is 0.344 e. The Balaban J connectivity index is 1.76. The van der Waals surface area contributed by atoms with Gasteiger partial charge in [-0.15, -0.1) is 0 Å². The van der Waals surface area contributed by atoms with Crippen molar-refractivity contribution in [2.24, 2.45) is 10.5 Å². The molecule has 130 valence electrons. The second-order valence-electron chi connectivity index (χ2n) is 6.66. The van der Waals surface area contributed by atoms with Crippen LogP contribution in [-0.4, -0.2) is 40.0 Å². The summed E-state index contributed by atoms with van der Waals surface area (Å²) in [7, 11) is 0. The lowest BCUT2D eigenvalue weighted by Crippen LogP contribution is -2.46. The molecule has 1 unspecified atom stereocenters. The van der Waals surface area contributed by atoms with Crippen molar-refractivity contribution in [1.29, 1.82) is 0 Å². The molecule has 0 aromatic carbocycles. The van der Waals surface area contributed by atoms with E-state index in [-0.39, 0.29) is 18.0 Å². The van der Waals surface area contributed by atoms with E-state index in [4.69, 9.17) is 0 Å². The molecular weight excluding hydrogens is 340 g/mol. The maximum atomic E-state index is 12.9. The van der Waals surface area contributed by atoms with E-state index in [1.165, 1.54) is 21.0 Å². The number of fused-ring (bicyclic) bond motifs is 3. The predicted molar refractivity (Wildman–Crippen MR) is 96.2 cm³/mol. The van der Waals surface area contributed by atoms with Crippen molar-refractivity contribution in [3.8, 4) is 0 Å². The van der Waals surface area contributed by atoms with Crippen LogP contribution >= 0.6 is 11.3 Å². The third-order valence-corrected chi connectivity index (χ3v) is 5.05. The predicted octanol–water partition coefficient (Wildman–Crippen LogP) is 2.09. The van der Waals surface area contributed by atoms with Gasteiger partial charge in [-0.1, -0.05) is 0 Å². The van der Waals surface area contributed by atoms with Crippen LogP contribution in [0.2, 0.25) is 0 Å². The lowest BCUT2D eigenvalue weighted by atomic mass is 9.79. The molecule has 1 atom stereocenters. The molecule has 4 heterocycles. The molecule has 9 heteroatoms. The number of nitrogens with one attached hydrogen (secondary N) is 2. The molecule has 8 nitrogen and oxygen atoms in total. The van der Waals surface area contributed by atoms with Crippen LogP contribution in [0.15, 0.2) is 28.1 Å². The van der Waals surface area contributed by atoms with Crippen LogP contribution in [0.3, 0.4) is 0 Å². The lowest BCUT2D eigenvalue weighted by molar-refractivity contribution is -0.122. The molecule has 2 aliphatic heterocycles. The topological polar surface area (TPSA) is 91.6 Å². The Morgan fingerprint density at radius 2 is 2.28 bits per heavy atom. The highest BCUT2D eigenvalue weighted by Crippen LogP contribution is 2.40. The molecule has 0 bridgehead atoms.